The van der Waals surface area contributed by atoms with E-state index in [1.54, 1.807) is 13.1 Å². The van der Waals surface area contributed by atoms with E-state index in [-0.39, 0.29) is 5.91 Å². The smallest absolute Gasteiger partial charge is 0.221 e. The highest BCUT2D eigenvalue weighted by molar-refractivity contribution is 5.97. The summed E-state index contributed by atoms with van der Waals surface area (Å²) in [6.45, 7) is 0.617. The fourth-order valence-corrected chi connectivity index (χ4v) is 1.89. The summed E-state index contributed by atoms with van der Waals surface area (Å²) in [5.74, 6) is 0.0124. The Bertz CT molecular complexity index is 558. The van der Waals surface area contributed by atoms with Crippen molar-refractivity contribution in [3.63, 3.8) is 0 Å². The lowest BCUT2D eigenvalue weighted by molar-refractivity contribution is -0.120. The van der Waals surface area contributed by atoms with Gasteiger partial charge in [0.1, 0.15) is 0 Å². The van der Waals surface area contributed by atoms with E-state index in [0.717, 1.165) is 17.2 Å². The Balaban J connectivity index is 2.30. The van der Waals surface area contributed by atoms with Crippen molar-refractivity contribution in [3.8, 4) is 0 Å². The lowest BCUT2D eigenvalue weighted by Crippen LogP contribution is -2.19. The van der Waals surface area contributed by atoms with Gasteiger partial charge in [0.25, 0.3) is 0 Å². The Morgan fingerprint density at radius 3 is 2.94 bits per heavy atom. The zero-order valence-electron chi connectivity index (χ0n) is 9.64. The highest BCUT2D eigenvalue weighted by atomic mass is 16.1. The van der Waals surface area contributed by atoms with Gasteiger partial charge in [-0.1, -0.05) is 12.1 Å². The molecule has 2 rings (SSSR count). The monoisotopic (exact) mass is 230 g/mol. The summed E-state index contributed by atoms with van der Waals surface area (Å²) < 4.78 is 1.98. The molecule has 0 atom stereocenters. The number of benzene rings is 1. The summed E-state index contributed by atoms with van der Waals surface area (Å²) in [6, 6.07) is 7.50. The first-order valence-electron chi connectivity index (χ1n) is 5.50. The van der Waals surface area contributed by atoms with Crippen LogP contribution in [0, 0.1) is 0 Å². The van der Waals surface area contributed by atoms with Gasteiger partial charge in [0.2, 0.25) is 5.91 Å². The number of aryl methyl sites for hydroxylation is 1. The molecule has 4 heteroatoms. The van der Waals surface area contributed by atoms with Crippen molar-refractivity contribution in [3.05, 3.63) is 36.0 Å². The molecule has 88 valence electrons. The van der Waals surface area contributed by atoms with Gasteiger partial charge in [-0.15, -0.1) is 0 Å². The highest BCUT2D eigenvalue weighted by Gasteiger charge is 2.05. The van der Waals surface area contributed by atoms with Crippen molar-refractivity contribution in [2.24, 2.45) is 0 Å². The van der Waals surface area contributed by atoms with Gasteiger partial charge in [-0.05, 0) is 12.1 Å². The summed E-state index contributed by atoms with van der Waals surface area (Å²) in [5.41, 5.74) is 1.67. The predicted octanol–water partition coefficient (Wildman–Crippen LogP) is 1.59. The third-order valence-electron chi connectivity index (χ3n) is 2.83. The molecule has 0 spiro atoms. The summed E-state index contributed by atoms with van der Waals surface area (Å²) >= 11 is 0. The lowest BCUT2D eigenvalue weighted by atomic mass is 10.1. The number of amides is 1. The van der Waals surface area contributed by atoms with Gasteiger partial charge in [0, 0.05) is 42.7 Å². The number of nitrogens with zero attached hydrogens (tertiary/aromatic N) is 1. The number of fused-ring (bicyclic) bond motifs is 1. The molecule has 1 heterocycles. The summed E-state index contributed by atoms with van der Waals surface area (Å²) in [6.07, 6.45) is 3.19. The number of aldehydes is 1. The van der Waals surface area contributed by atoms with Crippen LogP contribution in [0.2, 0.25) is 0 Å². The van der Waals surface area contributed by atoms with Crippen molar-refractivity contribution in [1.29, 1.82) is 0 Å². The van der Waals surface area contributed by atoms with E-state index in [1.807, 2.05) is 29.0 Å². The average Bonchev–Trinajstić information content (AvgIpc) is 2.78. The van der Waals surface area contributed by atoms with Crippen molar-refractivity contribution >= 4 is 23.1 Å². The molecular weight excluding hydrogens is 216 g/mol. The third-order valence-corrected chi connectivity index (χ3v) is 2.83. The molecule has 0 saturated heterocycles. The first-order valence-corrected chi connectivity index (χ1v) is 5.50. The molecule has 1 aromatic carbocycles. The highest BCUT2D eigenvalue weighted by Crippen LogP contribution is 2.19. The first kappa shape index (κ1) is 11.4. The van der Waals surface area contributed by atoms with E-state index >= 15 is 0 Å². The van der Waals surface area contributed by atoms with Crippen LogP contribution in [0.4, 0.5) is 0 Å². The Kier molecular flexibility index (Phi) is 3.23. The van der Waals surface area contributed by atoms with E-state index in [1.165, 1.54) is 0 Å². The minimum atomic E-state index is 0.0124. The zero-order valence-corrected chi connectivity index (χ0v) is 9.64. The molecule has 0 bridgehead atoms. The number of nitrogens with one attached hydrogen (secondary N) is 1. The number of aromatic nitrogens is 1. The Hall–Kier alpha value is -2.10. The van der Waals surface area contributed by atoms with Gasteiger partial charge in [-0.3, -0.25) is 9.59 Å². The van der Waals surface area contributed by atoms with Gasteiger partial charge in [-0.2, -0.15) is 0 Å². The van der Waals surface area contributed by atoms with Crippen LogP contribution in [0.3, 0.4) is 0 Å². The average molecular weight is 230 g/mol. The van der Waals surface area contributed by atoms with Crippen LogP contribution in [0.15, 0.2) is 30.5 Å². The molecule has 0 aliphatic rings. The van der Waals surface area contributed by atoms with Crippen molar-refractivity contribution in [2.75, 3.05) is 7.05 Å². The number of hydrogen-bond donors (Lipinski definition) is 1. The maximum Gasteiger partial charge on any atom is 0.221 e. The molecule has 0 saturated carbocycles. The van der Waals surface area contributed by atoms with Gasteiger partial charge < -0.3 is 9.88 Å². The summed E-state index contributed by atoms with van der Waals surface area (Å²) in [5, 5.41) is 3.52. The summed E-state index contributed by atoms with van der Waals surface area (Å²) in [4.78, 5) is 22.1. The van der Waals surface area contributed by atoms with Crippen molar-refractivity contribution in [2.45, 2.75) is 13.0 Å². The molecule has 1 aromatic heterocycles. The van der Waals surface area contributed by atoms with E-state index < -0.39 is 0 Å². The normalized spacial score (nSPS) is 10.4. The van der Waals surface area contributed by atoms with Crippen LogP contribution in [0.5, 0.6) is 0 Å². The standard InChI is InChI=1S/C13H14N2O2/c1-14-13(17)6-8-15-7-5-11-10(9-16)3-2-4-12(11)15/h2-5,7,9H,6,8H2,1H3,(H,14,17). The van der Waals surface area contributed by atoms with Crippen LogP contribution in [-0.2, 0) is 11.3 Å². The zero-order chi connectivity index (χ0) is 12.3. The molecule has 0 aliphatic carbocycles. The minimum absolute atomic E-state index is 0.0124. The molecule has 0 aliphatic heterocycles. The maximum absolute atomic E-state index is 11.2. The molecule has 17 heavy (non-hydrogen) atoms. The second-order valence-corrected chi connectivity index (χ2v) is 3.83. The maximum atomic E-state index is 11.2. The van der Waals surface area contributed by atoms with Crippen LogP contribution in [0.25, 0.3) is 10.9 Å². The summed E-state index contributed by atoms with van der Waals surface area (Å²) in [7, 11) is 1.63. The van der Waals surface area contributed by atoms with Crippen molar-refractivity contribution in [1.82, 2.24) is 9.88 Å². The Morgan fingerprint density at radius 1 is 1.41 bits per heavy atom. The van der Waals surface area contributed by atoms with Crippen LogP contribution < -0.4 is 5.32 Å². The quantitative estimate of drug-likeness (QED) is 0.811. The Labute approximate surface area is 99.2 Å². The van der Waals surface area contributed by atoms with Gasteiger partial charge in [0.15, 0.2) is 6.29 Å². The Morgan fingerprint density at radius 2 is 2.24 bits per heavy atom. The van der Waals surface area contributed by atoms with E-state index in [9.17, 15) is 9.59 Å². The molecule has 0 fully saturated rings. The van der Waals surface area contributed by atoms with Crippen LogP contribution in [-0.4, -0.2) is 23.8 Å². The van der Waals surface area contributed by atoms with E-state index in [4.69, 9.17) is 0 Å². The molecule has 4 nitrogen and oxygen atoms in total. The van der Waals surface area contributed by atoms with E-state index in [2.05, 4.69) is 5.32 Å². The van der Waals surface area contributed by atoms with Gasteiger partial charge in [0.05, 0.1) is 0 Å². The SMILES string of the molecule is CNC(=O)CCn1ccc2c(C=O)cccc21. The van der Waals surface area contributed by atoms with Crippen LogP contribution >= 0.6 is 0 Å². The number of hydrogen-bond acceptors (Lipinski definition) is 2. The van der Waals surface area contributed by atoms with E-state index in [0.29, 0.717) is 18.5 Å². The molecule has 1 amide bonds. The minimum Gasteiger partial charge on any atom is -0.359 e. The second-order valence-electron chi connectivity index (χ2n) is 3.83. The molecular formula is C13H14N2O2. The molecule has 0 unspecified atom stereocenters. The fraction of sp³-hybridized carbons (Fsp3) is 0.231. The van der Waals surface area contributed by atoms with Gasteiger partial charge in [-0.25, -0.2) is 0 Å². The third kappa shape index (κ3) is 2.20. The molecule has 1 N–H and O–H groups in total. The number of carbonyl (C=O) groups excluding carboxylic acids is 2. The topological polar surface area (TPSA) is 51.1 Å². The fourth-order valence-electron chi connectivity index (χ4n) is 1.89. The molecule has 0 radical (unpaired) electrons. The van der Waals surface area contributed by atoms with Crippen LogP contribution in [0.1, 0.15) is 16.8 Å². The second kappa shape index (κ2) is 4.82. The number of rotatable bonds is 4. The number of carbonyl (C=O) groups is 2. The predicted molar refractivity (Wildman–Crippen MR) is 66.0 cm³/mol. The first-order chi connectivity index (χ1) is 8.26. The van der Waals surface area contributed by atoms with Crippen molar-refractivity contribution < 1.29 is 9.59 Å². The lowest BCUT2D eigenvalue weighted by Gasteiger charge is -2.05. The largest absolute Gasteiger partial charge is 0.359 e. The molecule has 2 aromatic rings. The van der Waals surface area contributed by atoms with Gasteiger partial charge >= 0.3 is 0 Å².